The minimum atomic E-state index is -0.749. The highest BCUT2D eigenvalue weighted by molar-refractivity contribution is 14.1. The molecule has 0 bridgehead atoms. The Bertz CT molecular complexity index is 807. The van der Waals surface area contributed by atoms with Crippen LogP contribution in [0.5, 0.6) is 5.75 Å². The summed E-state index contributed by atoms with van der Waals surface area (Å²) in [6.45, 7) is 0. The van der Waals surface area contributed by atoms with Crippen LogP contribution < -0.4 is 15.8 Å². The largest absolute Gasteiger partial charge is 0.492 e. The second kappa shape index (κ2) is 5.17. The molecule has 2 amide bonds. The van der Waals surface area contributed by atoms with Gasteiger partial charge in [0.15, 0.2) is 11.3 Å². The molecule has 1 aliphatic rings. The van der Waals surface area contributed by atoms with Gasteiger partial charge in [-0.15, -0.1) is 0 Å². The molecule has 1 aromatic carbocycles. The molecule has 2 heterocycles. The van der Waals surface area contributed by atoms with E-state index in [0.717, 1.165) is 3.57 Å². The minimum Gasteiger partial charge on any atom is -0.492 e. The number of hydrogen-bond acceptors (Lipinski definition) is 5. The van der Waals surface area contributed by atoms with Crippen molar-refractivity contribution in [2.24, 2.45) is 0 Å². The monoisotopic (exact) mass is 402 g/mol. The van der Waals surface area contributed by atoms with Gasteiger partial charge in [0.25, 0.3) is 0 Å². The number of aromatic nitrogens is 1. The predicted molar refractivity (Wildman–Crippen MR) is 81.2 cm³/mol. The molecule has 7 nitrogen and oxygen atoms in total. The number of fused-ring (bicyclic) bond motifs is 1. The minimum absolute atomic E-state index is 0.191. The van der Waals surface area contributed by atoms with Crippen molar-refractivity contribution in [1.29, 1.82) is 0 Å². The van der Waals surface area contributed by atoms with Crippen LogP contribution in [-0.4, -0.2) is 23.5 Å². The Hall–Kier alpha value is -1.84. The Morgan fingerprint density at radius 2 is 2.14 bits per heavy atom. The first-order chi connectivity index (χ1) is 10.0. The smallest absolute Gasteiger partial charge is 0.420 e. The molecular formula is C13H11IN2O5. The first-order valence-electron chi connectivity index (χ1n) is 6.24. The van der Waals surface area contributed by atoms with Crippen LogP contribution in [0.15, 0.2) is 21.3 Å². The van der Waals surface area contributed by atoms with Gasteiger partial charge in [-0.1, -0.05) is 0 Å². The lowest BCUT2D eigenvalue weighted by molar-refractivity contribution is -0.135. The summed E-state index contributed by atoms with van der Waals surface area (Å²) in [4.78, 5) is 35.3. The molecule has 1 N–H and O–H groups in total. The number of methoxy groups -OCH3 is 1. The number of nitrogens with zero attached hydrogens (tertiary/aromatic N) is 1. The lowest BCUT2D eigenvalue weighted by atomic mass is 10.1. The molecular weight excluding hydrogens is 391 g/mol. The highest BCUT2D eigenvalue weighted by Crippen LogP contribution is 2.32. The van der Waals surface area contributed by atoms with Gasteiger partial charge in [0, 0.05) is 6.42 Å². The number of carbonyl (C=O) groups is 2. The number of amides is 2. The molecule has 1 aromatic heterocycles. The van der Waals surface area contributed by atoms with Gasteiger partial charge < -0.3 is 9.15 Å². The van der Waals surface area contributed by atoms with Crippen LogP contribution in [0.4, 0.5) is 0 Å². The zero-order valence-corrected chi connectivity index (χ0v) is 13.2. The molecule has 1 aliphatic heterocycles. The Labute approximate surface area is 132 Å². The van der Waals surface area contributed by atoms with E-state index in [2.05, 4.69) is 27.9 Å². The SMILES string of the molecule is COc1c(I)ccc2c1oc(=O)n2C1CCC(=O)NC1=O. The maximum Gasteiger partial charge on any atom is 0.420 e. The summed E-state index contributed by atoms with van der Waals surface area (Å²) >= 11 is 2.07. The van der Waals surface area contributed by atoms with Gasteiger partial charge in [-0.25, -0.2) is 4.79 Å². The van der Waals surface area contributed by atoms with Crippen molar-refractivity contribution >= 4 is 45.5 Å². The van der Waals surface area contributed by atoms with E-state index >= 15 is 0 Å². The maximum atomic E-state index is 12.1. The van der Waals surface area contributed by atoms with E-state index in [1.807, 2.05) is 0 Å². The van der Waals surface area contributed by atoms with Gasteiger partial charge in [-0.05, 0) is 41.1 Å². The van der Waals surface area contributed by atoms with Gasteiger partial charge >= 0.3 is 5.76 Å². The molecule has 0 spiro atoms. The molecule has 0 aliphatic carbocycles. The van der Waals surface area contributed by atoms with Gasteiger partial charge in [0.05, 0.1) is 16.2 Å². The van der Waals surface area contributed by atoms with Crippen LogP contribution >= 0.6 is 22.6 Å². The Kier molecular flexibility index (Phi) is 3.47. The standard InChI is InChI=1S/C13H11IN2O5/c1-20-10-6(14)2-3-7-11(10)21-13(19)16(7)8-4-5-9(17)15-12(8)18/h2-3,8H,4-5H2,1H3,(H,15,17,18). The number of benzene rings is 1. The van der Waals surface area contributed by atoms with E-state index in [0.29, 0.717) is 16.8 Å². The molecule has 3 rings (SSSR count). The number of rotatable bonds is 2. The van der Waals surface area contributed by atoms with E-state index in [1.54, 1.807) is 12.1 Å². The molecule has 1 fully saturated rings. The number of imide groups is 1. The van der Waals surface area contributed by atoms with Crippen LogP contribution in [0.1, 0.15) is 18.9 Å². The molecule has 21 heavy (non-hydrogen) atoms. The first kappa shape index (κ1) is 14.1. The van der Waals surface area contributed by atoms with Crippen molar-refractivity contribution in [2.75, 3.05) is 7.11 Å². The van der Waals surface area contributed by atoms with Gasteiger partial charge in [-0.3, -0.25) is 19.5 Å². The first-order valence-corrected chi connectivity index (χ1v) is 7.32. The van der Waals surface area contributed by atoms with Crippen LogP contribution in [0, 0.1) is 3.57 Å². The molecule has 2 aromatic rings. The van der Waals surface area contributed by atoms with Crippen LogP contribution in [0.25, 0.3) is 11.1 Å². The van der Waals surface area contributed by atoms with Crippen molar-refractivity contribution in [1.82, 2.24) is 9.88 Å². The van der Waals surface area contributed by atoms with Crippen molar-refractivity contribution in [3.63, 3.8) is 0 Å². The summed E-state index contributed by atoms with van der Waals surface area (Å²) in [6, 6.07) is 2.73. The van der Waals surface area contributed by atoms with E-state index in [4.69, 9.17) is 9.15 Å². The predicted octanol–water partition coefficient (Wildman–Crippen LogP) is 1.19. The van der Waals surface area contributed by atoms with E-state index in [-0.39, 0.29) is 18.7 Å². The van der Waals surface area contributed by atoms with Crippen molar-refractivity contribution in [3.05, 3.63) is 26.3 Å². The summed E-state index contributed by atoms with van der Waals surface area (Å²) in [5, 5.41) is 2.24. The summed E-state index contributed by atoms with van der Waals surface area (Å²) < 4.78 is 12.6. The molecule has 0 saturated carbocycles. The molecule has 110 valence electrons. The van der Waals surface area contributed by atoms with Crippen molar-refractivity contribution in [3.8, 4) is 5.75 Å². The van der Waals surface area contributed by atoms with Crippen LogP contribution in [-0.2, 0) is 9.59 Å². The van der Waals surface area contributed by atoms with Gasteiger partial charge in [0.1, 0.15) is 6.04 Å². The van der Waals surface area contributed by atoms with Crippen LogP contribution in [0.2, 0.25) is 0 Å². The second-order valence-electron chi connectivity index (χ2n) is 4.63. The fraction of sp³-hybridized carbons (Fsp3) is 0.308. The van der Waals surface area contributed by atoms with E-state index < -0.39 is 17.7 Å². The highest BCUT2D eigenvalue weighted by atomic mass is 127. The molecule has 1 unspecified atom stereocenters. The fourth-order valence-corrected chi connectivity index (χ4v) is 3.11. The number of ether oxygens (including phenoxy) is 1. The van der Waals surface area contributed by atoms with Crippen molar-refractivity contribution in [2.45, 2.75) is 18.9 Å². The molecule has 8 heteroatoms. The van der Waals surface area contributed by atoms with E-state index in [9.17, 15) is 14.4 Å². The van der Waals surface area contributed by atoms with Crippen LogP contribution in [0.3, 0.4) is 0 Å². The normalized spacial score (nSPS) is 18.9. The van der Waals surface area contributed by atoms with E-state index in [1.165, 1.54) is 11.7 Å². The molecule has 0 radical (unpaired) electrons. The summed E-state index contributed by atoms with van der Waals surface area (Å²) in [5.41, 5.74) is 0.783. The third kappa shape index (κ3) is 2.23. The lowest BCUT2D eigenvalue weighted by Gasteiger charge is -2.21. The molecule has 1 saturated heterocycles. The number of nitrogens with one attached hydrogen (secondary N) is 1. The third-order valence-corrected chi connectivity index (χ3v) is 4.26. The number of piperidine rings is 1. The average Bonchev–Trinajstić information content (AvgIpc) is 2.75. The topological polar surface area (TPSA) is 90.5 Å². The highest BCUT2D eigenvalue weighted by Gasteiger charge is 2.32. The fourth-order valence-electron chi connectivity index (χ4n) is 2.47. The van der Waals surface area contributed by atoms with Gasteiger partial charge in [0.2, 0.25) is 11.8 Å². The maximum absolute atomic E-state index is 12.1. The number of hydrogen-bond donors (Lipinski definition) is 1. The second-order valence-corrected chi connectivity index (χ2v) is 5.80. The lowest BCUT2D eigenvalue weighted by Crippen LogP contribution is -2.43. The third-order valence-electron chi connectivity index (χ3n) is 3.41. The quantitative estimate of drug-likeness (QED) is 0.602. The number of carbonyl (C=O) groups excluding carboxylic acids is 2. The zero-order valence-electron chi connectivity index (χ0n) is 11.0. The van der Waals surface area contributed by atoms with Gasteiger partial charge in [-0.2, -0.15) is 0 Å². The molecule has 1 atom stereocenters. The Morgan fingerprint density at radius 3 is 2.81 bits per heavy atom. The number of oxazole rings is 1. The zero-order chi connectivity index (χ0) is 15.1. The summed E-state index contributed by atoms with van der Waals surface area (Å²) in [7, 11) is 1.49. The Morgan fingerprint density at radius 1 is 1.38 bits per heavy atom. The Balaban J connectivity index is 2.20. The average molecular weight is 402 g/mol. The van der Waals surface area contributed by atoms with Crippen molar-refractivity contribution < 1.29 is 18.7 Å². The summed E-state index contributed by atoms with van der Waals surface area (Å²) in [6.07, 6.45) is 0.463. The summed E-state index contributed by atoms with van der Waals surface area (Å²) in [5.74, 6) is -1.01. The number of halogens is 1.